The van der Waals surface area contributed by atoms with Crippen molar-refractivity contribution in [2.75, 3.05) is 11.4 Å². The average molecular weight is 529 g/mol. The number of rotatable bonds is 6. The number of nitrogens with zero attached hydrogens (tertiary/aromatic N) is 5. The van der Waals surface area contributed by atoms with E-state index in [9.17, 15) is 9.59 Å². The van der Waals surface area contributed by atoms with Gasteiger partial charge < -0.3 is 9.30 Å². The Bertz CT molecular complexity index is 1410. The first-order valence-electron chi connectivity index (χ1n) is 13.8. The van der Waals surface area contributed by atoms with Gasteiger partial charge in [0.1, 0.15) is 23.4 Å². The van der Waals surface area contributed by atoms with Crippen molar-refractivity contribution in [2.45, 2.75) is 71.2 Å². The second-order valence-electron chi connectivity index (χ2n) is 11.6. The summed E-state index contributed by atoms with van der Waals surface area (Å²) in [6.07, 6.45) is 5.91. The van der Waals surface area contributed by atoms with Crippen LogP contribution in [0.5, 0.6) is 5.75 Å². The normalized spacial score (nSPS) is 22.7. The molecule has 0 bridgehead atoms. The van der Waals surface area contributed by atoms with Crippen LogP contribution in [0.3, 0.4) is 0 Å². The summed E-state index contributed by atoms with van der Waals surface area (Å²) in [5, 5.41) is 2.37. The molecule has 2 fully saturated rings. The van der Waals surface area contributed by atoms with Gasteiger partial charge in [0.05, 0.1) is 17.4 Å². The summed E-state index contributed by atoms with van der Waals surface area (Å²) in [5.41, 5.74) is 3.99. The zero-order valence-corrected chi connectivity index (χ0v) is 23.1. The lowest BCUT2D eigenvalue weighted by Gasteiger charge is -2.31. The second-order valence-corrected chi connectivity index (χ2v) is 11.6. The summed E-state index contributed by atoms with van der Waals surface area (Å²) in [7, 11) is 1.87. The molecule has 1 saturated heterocycles. The Morgan fingerprint density at radius 1 is 1.10 bits per heavy atom. The van der Waals surface area contributed by atoms with Crippen LogP contribution in [0.15, 0.2) is 42.6 Å². The Hall–Kier alpha value is -3.72. The van der Waals surface area contributed by atoms with Gasteiger partial charge in [0.25, 0.3) is 0 Å². The fraction of sp³-hybridized carbons (Fsp3) is 0.467. The highest BCUT2D eigenvalue weighted by atomic mass is 16.5. The lowest BCUT2D eigenvalue weighted by Crippen LogP contribution is -2.50. The van der Waals surface area contributed by atoms with Crippen molar-refractivity contribution in [2.24, 2.45) is 13.0 Å². The summed E-state index contributed by atoms with van der Waals surface area (Å²) < 4.78 is 8.11. The standard InChI is InChI=1S/C30H36N6O3/c1-19-6-5-7-24(19)39-22-11-8-20(9-12-22)17-35-18-21-10-13-23(32-27(21)30(35,2)3)28-31-16-26(34(28)4)36-15-14-25(37)33-29(36)38/h8-13,16,19,24H,5-7,14-15,17-18H2,1-4H3,(H,33,37,38). The Morgan fingerprint density at radius 2 is 1.90 bits per heavy atom. The molecule has 1 saturated carbocycles. The van der Waals surface area contributed by atoms with Crippen LogP contribution in [-0.2, 0) is 30.5 Å². The maximum absolute atomic E-state index is 12.4. The second kappa shape index (κ2) is 9.79. The third-order valence-corrected chi connectivity index (χ3v) is 8.60. The van der Waals surface area contributed by atoms with Crippen LogP contribution < -0.4 is 15.0 Å². The lowest BCUT2D eigenvalue weighted by molar-refractivity contribution is -0.120. The number of carbonyl (C=O) groups is 2. The number of urea groups is 1. The van der Waals surface area contributed by atoms with E-state index in [0.717, 1.165) is 36.6 Å². The van der Waals surface area contributed by atoms with Crippen LogP contribution in [0, 0.1) is 5.92 Å². The molecule has 39 heavy (non-hydrogen) atoms. The van der Waals surface area contributed by atoms with E-state index in [1.54, 1.807) is 11.1 Å². The fourth-order valence-electron chi connectivity index (χ4n) is 6.10. The van der Waals surface area contributed by atoms with Crippen molar-refractivity contribution in [3.63, 3.8) is 0 Å². The van der Waals surface area contributed by atoms with Gasteiger partial charge in [-0.15, -0.1) is 0 Å². The van der Waals surface area contributed by atoms with Gasteiger partial charge in [0.2, 0.25) is 5.91 Å². The highest BCUT2D eigenvalue weighted by molar-refractivity contribution is 6.05. The molecule has 3 aromatic rings. The molecule has 2 unspecified atom stereocenters. The summed E-state index contributed by atoms with van der Waals surface area (Å²) in [6, 6.07) is 12.3. The zero-order chi connectivity index (χ0) is 27.3. The minimum Gasteiger partial charge on any atom is -0.490 e. The SMILES string of the molecule is CC1CCCC1Oc1ccc(CN2Cc3ccc(-c4ncc(N5CCC(=O)NC5=O)n4C)nc3C2(C)C)cc1. The van der Waals surface area contributed by atoms with Crippen LogP contribution in [0.4, 0.5) is 10.6 Å². The smallest absolute Gasteiger partial charge is 0.329 e. The third kappa shape index (κ3) is 4.69. The van der Waals surface area contributed by atoms with E-state index in [-0.39, 0.29) is 17.9 Å². The van der Waals surface area contributed by atoms with E-state index in [4.69, 9.17) is 9.72 Å². The molecule has 2 atom stereocenters. The summed E-state index contributed by atoms with van der Waals surface area (Å²) in [6.45, 7) is 8.67. The van der Waals surface area contributed by atoms with E-state index in [2.05, 4.69) is 66.3 Å². The highest BCUT2D eigenvalue weighted by Crippen LogP contribution is 2.40. The van der Waals surface area contributed by atoms with E-state index >= 15 is 0 Å². The first-order valence-corrected chi connectivity index (χ1v) is 13.8. The van der Waals surface area contributed by atoms with Gasteiger partial charge in [-0.2, -0.15) is 0 Å². The number of nitrogens with one attached hydrogen (secondary N) is 1. The molecule has 6 rings (SSSR count). The Kier molecular flexibility index (Phi) is 6.41. The van der Waals surface area contributed by atoms with E-state index in [0.29, 0.717) is 30.2 Å². The predicted octanol–water partition coefficient (Wildman–Crippen LogP) is 4.75. The molecule has 9 heteroatoms. The molecule has 1 N–H and O–H groups in total. The first kappa shape index (κ1) is 25.6. The number of hydrogen-bond acceptors (Lipinski definition) is 6. The van der Waals surface area contributed by atoms with Crippen molar-refractivity contribution in [3.8, 4) is 17.3 Å². The monoisotopic (exact) mass is 528 g/mol. The number of hydrogen-bond donors (Lipinski definition) is 1. The molecular weight excluding hydrogens is 492 g/mol. The molecular formula is C30H36N6O3. The van der Waals surface area contributed by atoms with Crippen molar-refractivity contribution >= 4 is 17.8 Å². The molecule has 2 aromatic heterocycles. The van der Waals surface area contributed by atoms with Crippen molar-refractivity contribution in [1.29, 1.82) is 0 Å². The van der Waals surface area contributed by atoms with Crippen molar-refractivity contribution in [1.82, 2.24) is 24.8 Å². The molecule has 1 aliphatic carbocycles. The van der Waals surface area contributed by atoms with Crippen molar-refractivity contribution < 1.29 is 14.3 Å². The van der Waals surface area contributed by atoms with Gasteiger partial charge in [-0.1, -0.05) is 25.1 Å². The number of fused-ring (bicyclic) bond motifs is 1. The van der Waals surface area contributed by atoms with Gasteiger partial charge in [-0.3, -0.25) is 19.9 Å². The summed E-state index contributed by atoms with van der Waals surface area (Å²) in [5.74, 6) is 2.63. The maximum Gasteiger partial charge on any atom is 0.329 e. The minimum atomic E-state index is -0.424. The number of aromatic nitrogens is 3. The molecule has 0 radical (unpaired) electrons. The number of pyridine rings is 1. The zero-order valence-electron chi connectivity index (χ0n) is 23.1. The molecule has 3 amide bonds. The molecule has 2 aliphatic heterocycles. The molecule has 9 nitrogen and oxygen atoms in total. The highest BCUT2D eigenvalue weighted by Gasteiger charge is 2.39. The number of imidazole rings is 1. The average Bonchev–Trinajstić information content (AvgIpc) is 3.56. The van der Waals surface area contributed by atoms with Crippen LogP contribution in [0.1, 0.15) is 63.3 Å². The third-order valence-electron chi connectivity index (χ3n) is 8.60. The molecule has 3 aliphatic rings. The van der Waals surface area contributed by atoms with Gasteiger partial charge in [-0.05, 0) is 68.4 Å². The van der Waals surface area contributed by atoms with E-state index in [1.807, 2.05) is 17.7 Å². The lowest BCUT2D eigenvalue weighted by atomic mass is 9.98. The molecule has 1 aromatic carbocycles. The Morgan fingerprint density at radius 3 is 2.62 bits per heavy atom. The quantitative estimate of drug-likeness (QED) is 0.497. The number of anilines is 1. The van der Waals surface area contributed by atoms with Crippen LogP contribution in [0.25, 0.3) is 11.5 Å². The van der Waals surface area contributed by atoms with E-state index < -0.39 is 6.03 Å². The molecule has 4 heterocycles. The largest absolute Gasteiger partial charge is 0.490 e. The van der Waals surface area contributed by atoms with Crippen molar-refractivity contribution in [3.05, 3.63) is 59.4 Å². The Balaban J connectivity index is 1.18. The number of amides is 3. The maximum atomic E-state index is 12.4. The van der Waals surface area contributed by atoms with Gasteiger partial charge in [-0.25, -0.2) is 14.8 Å². The van der Waals surface area contributed by atoms with Crippen LogP contribution >= 0.6 is 0 Å². The summed E-state index contributed by atoms with van der Waals surface area (Å²) in [4.78, 5) is 37.6. The van der Waals surface area contributed by atoms with Gasteiger partial charge >= 0.3 is 6.03 Å². The Labute approximate surface area is 229 Å². The van der Waals surface area contributed by atoms with E-state index in [1.165, 1.54) is 24.0 Å². The first-order chi connectivity index (χ1) is 18.7. The van der Waals surface area contributed by atoms with Crippen LogP contribution in [-0.4, -0.2) is 44.0 Å². The molecule has 204 valence electrons. The number of benzene rings is 1. The fourth-order valence-corrected chi connectivity index (χ4v) is 6.10. The number of ether oxygens (including phenoxy) is 1. The minimum absolute atomic E-state index is 0.256. The predicted molar refractivity (Wildman–Crippen MR) is 148 cm³/mol. The topological polar surface area (TPSA) is 92.6 Å². The van der Waals surface area contributed by atoms with Gasteiger partial charge in [0, 0.05) is 33.1 Å². The molecule has 0 spiro atoms. The van der Waals surface area contributed by atoms with Gasteiger partial charge in [0.15, 0.2) is 5.82 Å². The van der Waals surface area contributed by atoms with Crippen LogP contribution in [0.2, 0.25) is 0 Å². The summed E-state index contributed by atoms with van der Waals surface area (Å²) >= 11 is 0. The number of carbonyl (C=O) groups excluding carboxylic acids is 2. The number of imide groups is 1.